The van der Waals surface area contributed by atoms with Crippen LogP contribution in [0.1, 0.15) is 41.0 Å². The standard InChI is InChI=1S/C9H19N.C2H6/c1-7(2)9-4-8(3)5-10-6-9;1-2/h7-10H,4-6H2,1-3H3;1-2H3. The number of rotatable bonds is 1. The molecule has 1 rings (SSSR count). The molecule has 1 heterocycles. The summed E-state index contributed by atoms with van der Waals surface area (Å²) in [5.41, 5.74) is 0. The monoisotopic (exact) mass is 171 g/mol. The first-order valence-corrected chi connectivity index (χ1v) is 5.41. The third-order valence-corrected chi connectivity index (χ3v) is 2.55. The Balaban J connectivity index is 0.000000561. The van der Waals surface area contributed by atoms with E-state index in [0.717, 1.165) is 17.8 Å². The van der Waals surface area contributed by atoms with Gasteiger partial charge in [0, 0.05) is 0 Å². The van der Waals surface area contributed by atoms with Gasteiger partial charge in [-0.2, -0.15) is 0 Å². The Kier molecular flexibility index (Phi) is 6.45. The molecule has 0 radical (unpaired) electrons. The van der Waals surface area contributed by atoms with Crippen LogP contribution in [0.3, 0.4) is 0 Å². The maximum atomic E-state index is 3.47. The molecule has 2 atom stereocenters. The van der Waals surface area contributed by atoms with E-state index in [2.05, 4.69) is 26.1 Å². The predicted molar refractivity (Wildman–Crippen MR) is 56.3 cm³/mol. The molecule has 0 aromatic carbocycles. The van der Waals surface area contributed by atoms with Gasteiger partial charge in [0.25, 0.3) is 0 Å². The summed E-state index contributed by atoms with van der Waals surface area (Å²) in [5.74, 6) is 2.67. The first-order valence-electron chi connectivity index (χ1n) is 5.41. The van der Waals surface area contributed by atoms with Crippen molar-refractivity contribution in [1.29, 1.82) is 0 Å². The summed E-state index contributed by atoms with van der Waals surface area (Å²) in [6.45, 7) is 13.4. The van der Waals surface area contributed by atoms with Crippen molar-refractivity contribution in [3.63, 3.8) is 0 Å². The van der Waals surface area contributed by atoms with Crippen molar-refractivity contribution < 1.29 is 0 Å². The average molecular weight is 171 g/mol. The Morgan fingerprint density at radius 2 is 1.75 bits per heavy atom. The summed E-state index contributed by atoms with van der Waals surface area (Å²) in [6.07, 6.45) is 1.42. The van der Waals surface area contributed by atoms with Crippen LogP contribution < -0.4 is 5.32 Å². The Morgan fingerprint density at radius 3 is 2.08 bits per heavy atom. The second-order valence-electron chi connectivity index (χ2n) is 4.00. The van der Waals surface area contributed by atoms with Crippen molar-refractivity contribution in [2.75, 3.05) is 13.1 Å². The second kappa shape index (κ2) is 6.47. The van der Waals surface area contributed by atoms with Crippen LogP contribution in [0.2, 0.25) is 0 Å². The predicted octanol–water partition coefficient (Wildman–Crippen LogP) is 2.91. The molecule has 1 nitrogen and oxygen atoms in total. The third kappa shape index (κ3) is 4.10. The molecule has 1 aliphatic rings. The lowest BCUT2D eigenvalue weighted by Crippen LogP contribution is -2.37. The molecule has 74 valence electrons. The van der Waals surface area contributed by atoms with Crippen LogP contribution in [0.15, 0.2) is 0 Å². The summed E-state index contributed by atoms with van der Waals surface area (Å²) in [4.78, 5) is 0. The molecule has 0 saturated carbocycles. The molecule has 1 saturated heterocycles. The highest BCUT2D eigenvalue weighted by Gasteiger charge is 2.20. The molecule has 0 aromatic rings. The van der Waals surface area contributed by atoms with Crippen LogP contribution in [0.25, 0.3) is 0 Å². The minimum absolute atomic E-state index is 0.857. The fourth-order valence-electron chi connectivity index (χ4n) is 1.71. The van der Waals surface area contributed by atoms with Crippen molar-refractivity contribution in [3.05, 3.63) is 0 Å². The van der Waals surface area contributed by atoms with Crippen LogP contribution in [0.5, 0.6) is 0 Å². The van der Waals surface area contributed by atoms with E-state index in [0.29, 0.717) is 0 Å². The number of hydrogen-bond donors (Lipinski definition) is 1. The number of nitrogens with one attached hydrogen (secondary N) is 1. The second-order valence-corrected chi connectivity index (χ2v) is 4.00. The maximum absolute atomic E-state index is 3.47. The van der Waals surface area contributed by atoms with Gasteiger partial charge < -0.3 is 5.32 Å². The lowest BCUT2D eigenvalue weighted by atomic mass is 9.84. The van der Waals surface area contributed by atoms with E-state index in [1.807, 2.05) is 13.8 Å². The van der Waals surface area contributed by atoms with Crippen LogP contribution in [0, 0.1) is 17.8 Å². The van der Waals surface area contributed by atoms with E-state index in [1.54, 1.807) is 0 Å². The summed E-state index contributed by atoms with van der Waals surface area (Å²) < 4.78 is 0. The van der Waals surface area contributed by atoms with Gasteiger partial charge in [-0.1, -0.05) is 34.6 Å². The molecule has 0 aliphatic carbocycles. The summed E-state index contributed by atoms with van der Waals surface area (Å²) >= 11 is 0. The van der Waals surface area contributed by atoms with E-state index < -0.39 is 0 Å². The molecule has 2 unspecified atom stereocenters. The smallest absolute Gasteiger partial charge is 0.00178 e. The van der Waals surface area contributed by atoms with Gasteiger partial charge in [-0.05, 0) is 37.3 Å². The summed E-state index contributed by atoms with van der Waals surface area (Å²) in [5, 5.41) is 3.47. The molecule has 0 spiro atoms. The van der Waals surface area contributed by atoms with Crippen LogP contribution in [0.4, 0.5) is 0 Å². The topological polar surface area (TPSA) is 12.0 Å². The maximum Gasteiger partial charge on any atom is -0.00178 e. The lowest BCUT2D eigenvalue weighted by molar-refractivity contribution is 0.244. The zero-order chi connectivity index (χ0) is 9.56. The quantitative estimate of drug-likeness (QED) is 0.639. The fraction of sp³-hybridized carbons (Fsp3) is 1.00. The van der Waals surface area contributed by atoms with Gasteiger partial charge in [-0.15, -0.1) is 0 Å². The van der Waals surface area contributed by atoms with Crippen molar-refractivity contribution >= 4 is 0 Å². The Labute approximate surface area is 77.9 Å². The Hall–Kier alpha value is -0.0400. The average Bonchev–Trinajstić information content (AvgIpc) is 2.08. The zero-order valence-corrected chi connectivity index (χ0v) is 9.35. The van der Waals surface area contributed by atoms with Gasteiger partial charge in [0.15, 0.2) is 0 Å². The highest BCUT2D eigenvalue weighted by atomic mass is 14.9. The summed E-state index contributed by atoms with van der Waals surface area (Å²) in [6, 6.07) is 0. The normalized spacial score (nSPS) is 29.5. The van der Waals surface area contributed by atoms with Gasteiger partial charge in [-0.3, -0.25) is 0 Å². The van der Waals surface area contributed by atoms with E-state index in [-0.39, 0.29) is 0 Å². The molecule has 0 aromatic heterocycles. The number of hydrogen-bond acceptors (Lipinski definition) is 1. The SMILES string of the molecule is CC.CC1CNCC(C(C)C)C1. The highest BCUT2D eigenvalue weighted by molar-refractivity contribution is 4.75. The molecular weight excluding hydrogens is 146 g/mol. The Bertz CT molecular complexity index is 99.2. The van der Waals surface area contributed by atoms with Crippen molar-refractivity contribution in [1.82, 2.24) is 5.32 Å². The van der Waals surface area contributed by atoms with E-state index in [4.69, 9.17) is 0 Å². The zero-order valence-electron chi connectivity index (χ0n) is 9.35. The molecule has 1 aliphatic heterocycles. The van der Waals surface area contributed by atoms with Gasteiger partial charge in [0.1, 0.15) is 0 Å². The Morgan fingerprint density at radius 1 is 1.17 bits per heavy atom. The lowest BCUT2D eigenvalue weighted by Gasteiger charge is -2.30. The molecule has 0 amide bonds. The van der Waals surface area contributed by atoms with Crippen molar-refractivity contribution in [2.24, 2.45) is 17.8 Å². The molecule has 1 N–H and O–H groups in total. The van der Waals surface area contributed by atoms with Gasteiger partial charge in [0.2, 0.25) is 0 Å². The van der Waals surface area contributed by atoms with E-state index in [9.17, 15) is 0 Å². The minimum atomic E-state index is 0.857. The fourth-order valence-corrected chi connectivity index (χ4v) is 1.71. The van der Waals surface area contributed by atoms with E-state index in [1.165, 1.54) is 19.5 Å². The molecule has 1 heteroatoms. The molecule has 1 fully saturated rings. The number of piperidine rings is 1. The van der Waals surface area contributed by atoms with E-state index >= 15 is 0 Å². The molecule has 0 bridgehead atoms. The van der Waals surface area contributed by atoms with Crippen LogP contribution >= 0.6 is 0 Å². The molecule has 12 heavy (non-hydrogen) atoms. The molecular formula is C11H25N. The minimum Gasteiger partial charge on any atom is -0.316 e. The summed E-state index contributed by atoms with van der Waals surface area (Å²) in [7, 11) is 0. The van der Waals surface area contributed by atoms with Crippen LogP contribution in [-0.2, 0) is 0 Å². The van der Waals surface area contributed by atoms with Gasteiger partial charge in [-0.25, -0.2) is 0 Å². The largest absolute Gasteiger partial charge is 0.316 e. The van der Waals surface area contributed by atoms with Crippen molar-refractivity contribution in [3.8, 4) is 0 Å². The van der Waals surface area contributed by atoms with Crippen LogP contribution in [-0.4, -0.2) is 13.1 Å². The van der Waals surface area contributed by atoms with Gasteiger partial charge >= 0.3 is 0 Å². The third-order valence-electron chi connectivity index (χ3n) is 2.55. The first-order chi connectivity index (χ1) is 5.70. The van der Waals surface area contributed by atoms with Crippen molar-refractivity contribution in [2.45, 2.75) is 41.0 Å². The first kappa shape index (κ1) is 12.0. The highest BCUT2D eigenvalue weighted by Crippen LogP contribution is 2.22. The van der Waals surface area contributed by atoms with Gasteiger partial charge in [0.05, 0.1) is 0 Å².